The van der Waals surface area contributed by atoms with Gasteiger partial charge in [-0.2, -0.15) is 9.40 Å². The standard InChI is InChI=1S/C33H47N5O7S/c1-5-9-22(4)34-31-26-17-24(12-13-27(26)36-37-31)46(41,42)38(18-21(2)3)19-29(39)28(16-23-10-7-6-8-11-23)35-33(40)45-30-20-44-32-25(30)14-15-43-32/h6-8,10-13,17,21-22,25,28-30,32,39H,5,9,14-16,18-20H2,1-4H3,(H,35,40)(H2,34,36,37)/t22?,25-,28-,29+,30?,32+/m0/s1. The van der Waals surface area contributed by atoms with E-state index in [1.807, 2.05) is 44.2 Å². The number of benzene rings is 2. The first-order valence-corrected chi connectivity index (χ1v) is 17.7. The van der Waals surface area contributed by atoms with Gasteiger partial charge in [0.15, 0.2) is 12.1 Å². The summed E-state index contributed by atoms with van der Waals surface area (Å²) in [5.41, 5.74) is 1.59. The molecule has 252 valence electrons. The number of alkyl carbamates (subject to hydrolysis) is 1. The van der Waals surface area contributed by atoms with E-state index in [0.717, 1.165) is 30.3 Å². The van der Waals surface area contributed by atoms with Crippen molar-refractivity contribution in [1.82, 2.24) is 19.8 Å². The van der Waals surface area contributed by atoms with Crippen LogP contribution in [0.15, 0.2) is 53.4 Å². The number of carbonyl (C=O) groups is 1. The molecule has 2 unspecified atom stereocenters. The van der Waals surface area contributed by atoms with Crippen molar-refractivity contribution >= 4 is 32.8 Å². The van der Waals surface area contributed by atoms with Crippen molar-refractivity contribution in [3.63, 3.8) is 0 Å². The Bertz CT molecular complexity index is 1550. The smallest absolute Gasteiger partial charge is 0.407 e. The number of aliphatic hydroxyl groups excluding tert-OH is 1. The third kappa shape index (κ3) is 8.18. The summed E-state index contributed by atoms with van der Waals surface area (Å²) in [6.07, 6.45) is 0.201. The molecule has 6 atom stereocenters. The number of ether oxygens (including phenoxy) is 3. The van der Waals surface area contributed by atoms with Gasteiger partial charge in [0.05, 0.1) is 41.7 Å². The van der Waals surface area contributed by atoms with E-state index in [1.54, 1.807) is 18.2 Å². The molecule has 3 aromatic rings. The molecule has 0 aliphatic carbocycles. The highest BCUT2D eigenvalue weighted by Gasteiger charge is 2.44. The highest BCUT2D eigenvalue weighted by Crippen LogP contribution is 2.33. The van der Waals surface area contributed by atoms with Crippen molar-refractivity contribution in [1.29, 1.82) is 0 Å². The molecule has 2 aromatic carbocycles. The quantitative estimate of drug-likeness (QED) is 0.188. The molecule has 1 aromatic heterocycles. The average molecular weight is 658 g/mol. The van der Waals surface area contributed by atoms with E-state index in [9.17, 15) is 18.3 Å². The Morgan fingerprint density at radius 2 is 1.93 bits per heavy atom. The first-order valence-electron chi connectivity index (χ1n) is 16.2. The Labute approximate surface area is 271 Å². The van der Waals surface area contributed by atoms with Crippen molar-refractivity contribution in [3.8, 4) is 0 Å². The van der Waals surface area contributed by atoms with E-state index in [1.165, 1.54) is 4.31 Å². The molecule has 2 aliphatic heterocycles. The van der Waals surface area contributed by atoms with Gasteiger partial charge in [-0.1, -0.05) is 57.5 Å². The first kappa shape index (κ1) is 34.1. The predicted octanol–water partition coefficient (Wildman–Crippen LogP) is 4.27. The van der Waals surface area contributed by atoms with E-state index in [0.29, 0.717) is 17.8 Å². The van der Waals surface area contributed by atoms with Crippen LogP contribution in [0.4, 0.5) is 10.6 Å². The molecule has 12 nitrogen and oxygen atoms in total. The second-order valence-corrected chi connectivity index (χ2v) is 14.7. The second kappa shape index (κ2) is 15.1. The SMILES string of the molecule is CCCC(C)Nc1n[nH]c2ccc(S(=O)(=O)N(CC(C)C)C[C@@H](O)[C@H](Cc3ccccc3)NC(=O)OC3CO[C@H]4OCC[C@@H]34)cc12. The van der Waals surface area contributed by atoms with E-state index < -0.39 is 34.4 Å². The maximum atomic E-state index is 14.2. The molecule has 46 heavy (non-hydrogen) atoms. The third-order valence-corrected chi connectivity index (χ3v) is 10.4. The normalized spacial score (nSPS) is 21.8. The van der Waals surface area contributed by atoms with Crippen LogP contribution in [0, 0.1) is 11.8 Å². The van der Waals surface area contributed by atoms with Crippen LogP contribution in [0.1, 0.15) is 52.5 Å². The average Bonchev–Trinajstić information content (AvgIpc) is 3.74. The monoisotopic (exact) mass is 657 g/mol. The molecule has 2 saturated heterocycles. The van der Waals surface area contributed by atoms with Crippen molar-refractivity contribution in [2.75, 3.05) is 31.6 Å². The Balaban J connectivity index is 1.36. The summed E-state index contributed by atoms with van der Waals surface area (Å²) in [5, 5.41) is 25.8. The molecular weight excluding hydrogens is 610 g/mol. The lowest BCUT2D eigenvalue weighted by Gasteiger charge is -2.31. The minimum Gasteiger partial charge on any atom is -0.443 e. The number of hydrogen-bond acceptors (Lipinski definition) is 9. The molecule has 0 bridgehead atoms. The number of aliphatic hydroxyl groups is 1. The van der Waals surface area contributed by atoms with Gasteiger partial charge in [-0.3, -0.25) is 5.10 Å². The lowest BCUT2D eigenvalue weighted by Crippen LogP contribution is -2.51. The van der Waals surface area contributed by atoms with Gasteiger partial charge in [0.2, 0.25) is 10.0 Å². The molecule has 3 heterocycles. The lowest BCUT2D eigenvalue weighted by atomic mass is 10.0. The zero-order valence-electron chi connectivity index (χ0n) is 27.0. The summed E-state index contributed by atoms with van der Waals surface area (Å²) in [5.74, 6) is 0.534. The Morgan fingerprint density at radius 1 is 1.15 bits per heavy atom. The number of nitrogens with one attached hydrogen (secondary N) is 3. The van der Waals surface area contributed by atoms with Crippen molar-refractivity contribution in [2.24, 2.45) is 11.8 Å². The fraction of sp³-hybridized carbons (Fsp3) is 0.576. The van der Waals surface area contributed by atoms with Gasteiger partial charge in [-0.05, 0) is 55.9 Å². The van der Waals surface area contributed by atoms with Gasteiger partial charge in [0, 0.05) is 24.5 Å². The molecule has 0 spiro atoms. The number of nitrogens with zero attached hydrogens (tertiary/aromatic N) is 2. The lowest BCUT2D eigenvalue weighted by molar-refractivity contribution is -0.0907. The maximum absolute atomic E-state index is 14.2. The zero-order valence-corrected chi connectivity index (χ0v) is 27.8. The summed E-state index contributed by atoms with van der Waals surface area (Å²) in [4.78, 5) is 13.2. The van der Waals surface area contributed by atoms with Crippen molar-refractivity contribution in [2.45, 2.75) is 88.9 Å². The van der Waals surface area contributed by atoms with Crippen LogP contribution in [-0.2, 0) is 30.7 Å². The fourth-order valence-electron chi connectivity index (χ4n) is 6.19. The molecule has 2 fully saturated rings. The number of rotatable bonds is 15. The molecule has 0 radical (unpaired) electrons. The number of hydrogen-bond donors (Lipinski definition) is 4. The Kier molecular flexibility index (Phi) is 11.2. The molecule has 4 N–H and O–H groups in total. The Morgan fingerprint density at radius 3 is 2.67 bits per heavy atom. The summed E-state index contributed by atoms with van der Waals surface area (Å²) < 4.78 is 46.5. The Hall–Kier alpha value is -3.23. The molecular formula is C33H47N5O7S. The van der Waals surface area contributed by atoms with E-state index in [-0.39, 0.29) is 55.2 Å². The number of anilines is 1. The van der Waals surface area contributed by atoms with Gasteiger partial charge < -0.3 is 30.0 Å². The van der Waals surface area contributed by atoms with Crippen molar-refractivity contribution < 1.29 is 32.5 Å². The summed E-state index contributed by atoms with van der Waals surface area (Å²) >= 11 is 0. The molecule has 0 saturated carbocycles. The first-order chi connectivity index (χ1) is 22.0. The number of carbonyl (C=O) groups excluding carboxylic acids is 1. The highest BCUT2D eigenvalue weighted by molar-refractivity contribution is 7.89. The summed E-state index contributed by atoms with van der Waals surface area (Å²) in [6, 6.07) is 13.6. The number of H-pyrrole nitrogens is 1. The van der Waals surface area contributed by atoms with Crippen LogP contribution in [0.5, 0.6) is 0 Å². The number of aromatic nitrogens is 2. The van der Waals surface area contributed by atoms with Crippen LogP contribution in [0.3, 0.4) is 0 Å². The van der Waals surface area contributed by atoms with Crippen LogP contribution in [0.2, 0.25) is 0 Å². The summed E-state index contributed by atoms with van der Waals surface area (Å²) in [7, 11) is -4.05. The van der Waals surface area contributed by atoms with E-state index in [4.69, 9.17) is 14.2 Å². The van der Waals surface area contributed by atoms with Crippen LogP contribution in [-0.4, -0.2) is 91.0 Å². The largest absolute Gasteiger partial charge is 0.443 e. The van der Waals surface area contributed by atoms with Gasteiger partial charge in [-0.15, -0.1) is 0 Å². The minimum atomic E-state index is -4.05. The van der Waals surface area contributed by atoms with Crippen LogP contribution >= 0.6 is 0 Å². The molecule has 13 heteroatoms. The second-order valence-electron chi connectivity index (χ2n) is 12.8. The predicted molar refractivity (Wildman–Crippen MR) is 175 cm³/mol. The molecule has 2 aliphatic rings. The van der Waals surface area contributed by atoms with Gasteiger partial charge >= 0.3 is 6.09 Å². The van der Waals surface area contributed by atoms with Crippen molar-refractivity contribution in [3.05, 3.63) is 54.1 Å². The maximum Gasteiger partial charge on any atom is 0.407 e. The van der Waals surface area contributed by atoms with E-state index >= 15 is 0 Å². The molecule has 5 rings (SSSR count). The van der Waals surface area contributed by atoms with Gasteiger partial charge in [-0.25, -0.2) is 13.2 Å². The number of sulfonamides is 1. The van der Waals surface area contributed by atoms with Gasteiger partial charge in [0.1, 0.15) is 6.10 Å². The third-order valence-electron chi connectivity index (χ3n) is 8.55. The van der Waals surface area contributed by atoms with E-state index in [2.05, 4.69) is 34.7 Å². The summed E-state index contributed by atoms with van der Waals surface area (Å²) in [6.45, 7) is 8.75. The minimum absolute atomic E-state index is 0.0267. The number of fused-ring (bicyclic) bond motifs is 2. The number of aromatic amines is 1. The van der Waals surface area contributed by atoms with Gasteiger partial charge in [0.25, 0.3) is 0 Å². The highest BCUT2D eigenvalue weighted by atomic mass is 32.2. The molecule has 1 amide bonds. The van der Waals surface area contributed by atoms with Crippen LogP contribution in [0.25, 0.3) is 10.9 Å². The number of amides is 1. The zero-order chi connectivity index (χ0) is 32.8. The van der Waals surface area contributed by atoms with Crippen LogP contribution < -0.4 is 10.6 Å². The fourth-order valence-corrected chi connectivity index (χ4v) is 7.84. The topological polar surface area (TPSA) is 155 Å².